The fraction of sp³-hybridized carbons (Fsp3) is 0.250. The van der Waals surface area contributed by atoms with E-state index in [0.29, 0.717) is 29.1 Å². The normalized spacial score (nSPS) is 11.8. The second-order valence-electron chi connectivity index (χ2n) is 3.73. The van der Waals surface area contributed by atoms with Crippen LogP contribution >= 0.6 is 11.5 Å². The molecule has 1 aromatic heterocycles. The number of rotatable bonds is 2. The van der Waals surface area contributed by atoms with Crippen LogP contribution in [0.4, 0.5) is 17.6 Å². The molecule has 0 unspecified atom stereocenters. The molecule has 0 aliphatic rings. The first-order valence-corrected chi connectivity index (χ1v) is 6.02. The summed E-state index contributed by atoms with van der Waals surface area (Å²) in [6.07, 6.45) is -3.87. The molecule has 18 heavy (non-hydrogen) atoms. The highest BCUT2D eigenvalue weighted by molar-refractivity contribution is 7.06. The minimum absolute atomic E-state index is 0.147. The van der Waals surface area contributed by atoms with Crippen LogP contribution in [0.1, 0.15) is 17.4 Å². The molecule has 0 aliphatic heterocycles. The summed E-state index contributed by atoms with van der Waals surface area (Å²) < 4.78 is 54.5. The molecular formula is C12H9F4NS. The number of hydrogen-bond acceptors (Lipinski definition) is 2. The molecule has 96 valence electrons. The molecule has 0 saturated heterocycles. The summed E-state index contributed by atoms with van der Waals surface area (Å²) in [6, 6.07) is 5.30. The van der Waals surface area contributed by atoms with Crippen molar-refractivity contribution < 1.29 is 17.6 Å². The SMILES string of the molecule is CCc1ccc(-c2cc(C(F)(F)F)sn2)cc1F. The summed E-state index contributed by atoms with van der Waals surface area (Å²) in [4.78, 5) is -0.780. The van der Waals surface area contributed by atoms with E-state index in [4.69, 9.17) is 0 Å². The average molecular weight is 275 g/mol. The lowest BCUT2D eigenvalue weighted by atomic mass is 10.1. The van der Waals surface area contributed by atoms with E-state index in [9.17, 15) is 17.6 Å². The summed E-state index contributed by atoms with van der Waals surface area (Å²) in [5.74, 6) is -0.420. The topological polar surface area (TPSA) is 12.9 Å². The molecule has 0 bridgehead atoms. The quantitative estimate of drug-likeness (QED) is 0.734. The number of aromatic nitrogens is 1. The molecule has 1 nitrogen and oxygen atoms in total. The number of alkyl halides is 3. The molecule has 6 heteroatoms. The fourth-order valence-electron chi connectivity index (χ4n) is 1.54. The highest BCUT2D eigenvalue weighted by atomic mass is 32.1. The molecule has 2 aromatic rings. The van der Waals surface area contributed by atoms with Gasteiger partial charge in [0.2, 0.25) is 0 Å². The van der Waals surface area contributed by atoms with Gasteiger partial charge in [0.05, 0.1) is 5.69 Å². The van der Waals surface area contributed by atoms with Crippen LogP contribution in [0.5, 0.6) is 0 Å². The smallest absolute Gasteiger partial charge is 0.207 e. The van der Waals surface area contributed by atoms with Gasteiger partial charge in [-0.25, -0.2) is 4.39 Å². The van der Waals surface area contributed by atoms with Gasteiger partial charge in [0.25, 0.3) is 0 Å². The van der Waals surface area contributed by atoms with E-state index in [1.54, 1.807) is 12.1 Å². The third-order valence-corrected chi connectivity index (χ3v) is 3.35. The largest absolute Gasteiger partial charge is 0.427 e. The average Bonchev–Trinajstić information content (AvgIpc) is 2.77. The van der Waals surface area contributed by atoms with E-state index < -0.39 is 16.9 Å². The zero-order valence-corrected chi connectivity index (χ0v) is 10.2. The zero-order chi connectivity index (χ0) is 13.3. The lowest BCUT2D eigenvalue weighted by Crippen LogP contribution is -2.00. The van der Waals surface area contributed by atoms with Crippen LogP contribution in [-0.2, 0) is 12.6 Å². The summed E-state index contributed by atoms with van der Waals surface area (Å²) in [7, 11) is 0. The molecule has 0 fully saturated rings. The third-order valence-electron chi connectivity index (χ3n) is 2.52. The molecule has 0 saturated carbocycles. The lowest BCUT2D eigenvalue weighted by molar-refractivity contribution is -0.134. The first-order valence-electron chi connectivity index (χ1n) is 5.24. The molecule has 0 spiro atoms. The van der Waals surface area contributed by atoms with Gasteiger partial charge in [-0.2, -0.15) is 17.5 Å². The van der Waals surface area contributed by atoms with E-state index >= 15 is 0 Å². The van der Waals surface area contributed by atoms with E-state index in [2.05, 4.69) is 4.37 Å². The van der Waals surface area contributed by atoms with Gasteiger partial charge in [0.1, 0.15) is 10.7 Å². The maximum atomic E-state index is 13.5. The van der Waals surface area contributed by atoms with Gasteiger partial charge in [-0.05, 0) is 35.6 Å². The van der Waals surface area contributed by atoms with Crippen LogP contribution in [0.3, 0.4) is 0 Å². The summed E-state index contributed by atoms with van der Waals surface area (Å²) in [6.45, 7) is 1.81. The maximum absolute atomic E-state index is 13.5. The van der Waals surface area contributed by atoms with E-state index in [1.807, 2.05) is 6.92 Å². The van der Waals surface area contributed by atoms with Gasteiger partial charge in [0, 0.05) is 5.56 Å². The lowest BCUT2D eigenvalue weighted by Gasteiger charge is -2.02. The Morgan fingerprint density at radius 3 is 2.44 bits per heavy atom. The monoisotopic (exact) mass is 275 g/mol. The van der Waals surface area contributed by atoms with Crippen LogP contribution < -0.4 is 0 Å². The molecule has 0 amide bonds. The number of nitrogens with zero attached hydrogens (tertiary/aromatic N) is 1. The van der Waals surface area contributed by atoms with E-state index in [-0.39, 0.29) is 5.69 Å². The van der Waals surface area contributed by atoms with Gasteiger partial charge in [-0.1, -0.05) is 19.1 Å². The molecule has 0 atom stereocenters. The van der Waals surface area contributed by atoms with Crippen molar-refractivity contribution >= 4 is 11.5 Å². The van der Waals surface area contributed by atoms with Crippen molar-refractivity contribution in [3.8, 4) is 11.3 Å². The standard InChI is InChI=1S/C12H9F4NS/c1-2-7-3-4-8(5-9(7)13)10-6-11(18-17-10)12(14,15)16/h3-6H,2H2,1H3. The Kier molecular flexibility index (Phi) is 3.38. The van der Waals surface area contributed by atoms with Crippen molar-refractivity contribution in [2.24, 2.45) is 0 Å². The predicted octanol–water partition coefficient (Wildman–Crippen LogP) is 4.53. The Morgan fingerprint density at radius 2 is 1.94 bits per heavy atom. The second-order valence-corrected chi connectivity index (χ2v) is 4.54. The predicted molar refractivity (Wildman–Crippen MR) is 61.9 cm³/mol. The number of halogens is 4. The van der Waals surface area contributed by atoms with Gasteiger partial charge in [-0.15, -0.1) is 0 Å². The van der Waals surface area contributed by atoms with Crippen LogP contribution in [0.15, 0.2) is 24.3 Å². The minimum atomic E-state index is -4.40. The Balaban J connectivity index is 2.38. The van der Waals surface area contributed by atoms with Crippen molar-refractivity contribution in [3.05, 3.63) is 40.5 Å². The Morgan fingerprint density at radius 1 is 1.22 bits per heavy atom. The first-order chi connectivity index (χ1) is 8.41. The Labute approximate surface area is 105 Å². The Hall–Kier alpha value is -1.43. The van der Waals surface area contributed by atoms with Crippen LogP contribution in [0.2, 0.25) is 0 Å². The molecular weight excluding hydrogens is 266 g/mol. The van der Waals surface area contributed by atoms with Crippen molar-refractivity contribution in [3.63, 3.8) is 0 Å². The van der Waals surface area contributed by atoms with E-state index in [1.165, 1.54) is 6.07 Å². The van der Waals surface area contributed by atoms with E-state index in [0.717, 1.165) is 6.07 Å². The number of benzene rings is 1. The summed E-state index contributed by atoms with van der Waals surface area (Å²) in [5.41, 5.74) is 1.04. The number of aryl methyl sites for hydroxylation is 1. The molecule has 0 aliphatic carbocycles. The van der Waals surface area contributed by atoms with Crippen LogP contribution in [0, 0.1) is 5.82 Å². The molecule has 2 rings (SSSR count). The van der Waals surface area contributed by atoms with Crippen molar-refractivity contribution in [1.82, 2.24) is 4.37 Å². The van der Waals surface area contributed by atoms with Crippen molar-refractivity contribution in [2.45, 2.75) is 19.5 Å². The van der Waals surface area contributed by atoms with Crippen molar-refractivity contribution in [2.75, 3.05) is 0 Å². The van der Waals surface area contributed by atoms with Crippen LogP contribution in [-0.4, -0.2) is 4.37 Å². The molecule has 1 aromatic carbocycles. The zero-order valence-electron chi connectivity index (χ0n) is 9.38. The van der Waals surface area contributed by atoms with Crippen LogP contribution in [0.25, 0.3) is 11.3 Å². The molecule has 1 heterocycles. The van der Waals surface area contributed by atoms with Gasteiger partial charge in [0.15, 0.2) is 0 Å². The number of hydrogen-bond donors (Lipinski definition) is 0. The van der Waals surface area contributed by atoms with Gasteiger partial charge >= 0.3 is 6.18 Å². The third kappa shape index (κ3) is 2.53. The highest BCUT2D eigenvalue weighted by Crippen LogP contribution is 2.35. The fourth-order valence-corrected chi connectivity index (χ4v) is 2.16. The first kappa shape index (κ1) is 13.0. The molecule has 0 radical (unpaired) electrons. The maximum Gasteiger partial charge on any atom is 0.427 e. The summed E-state index contributed by atoms with van der Waals surface area (Å²) in [5, 5.41) is 0. The second kappa shape index (κ2) is 4.68. The summed E-state index contributed by atoms with van der Waals surface area (Å²) >= 11 is 0.370. The minimum Gasteiger partial charge on any atom is -0.207 e. The van der Waals surface area contributed by atoms with Gasteiger partial charge in [-0.3, -0.25) is 0 Å². The molecule has 0 N–H and O–H groups in total. The highest BCUT2D eigenvalue weighted by Gasteiger charge is 2.33. The van der Waals surface area contributed by atoms with Gasteiger partial charge < -0.3 is 0 Å². The van der Waals surface area contributed by atoms with Crippen molar-refractivity contribution in [1.29, 1.82) is 0 Å². The Bertz CT molecular complexity index is 559.